The van der Waals surface area contributed by atoms with Crippen molar-refractivity contribution in [1.29, 1.82) is 0 Å². The van der Waals surface area contributed by atoms with Crippen LogP contribution in [-0.4, -0.2) is 142 Å². The molecule has 2 rings (SSSR count). The van der Waals surface area contributed by atoms with Crippen LogP contribution in [-0.2, 0) is 33.2 Å². The Balaban J connectivity index is 1.76. The topological polar surface area (TPSA) is 214 Å². The van der Waals surface area contributed by atoms with Gasteiger partial charge in [-0.2, -0.15) is 0 Å². The fourth-order valence-corrected chi connectivity index (χ4v) is 7.46. The second-order valence-electron chi connectivity index (χ2n) is 17.6. The molecule has 0 aliphatic carbocycles. The van der Waals surface area contributed by atoms with E-state index in [1.165, 1.54) is 38.5 Å². The number of aliphatic hydroxyl groups is 7. The SMILES string of the molecule is CC/C=C\C/C=C\C/C=C\C/C=C\CCCCCCCCCCCOCC(COC1OC(COC2OC(CO)C(O)C(O)C2O)C(O)C(O)C1O)OC(=O)CC/C=C\C/C=C\C/C=C\C/C=C\CC. The number of aliphatic hydroxyl groups excluding tert-OH is 7. The third kappa shape index (κ3) is 29.1. The lowest BCUT2D eigenvalue weighted by Crippen LogP contribution is -2.61. The van der Waals surface area contributed by atoms with Crippen molar-refractivity contribution >= 4 is 5.97 Å². The Morgan fingerprint density at radius 1 is 0.478 bits per heavy atom. The summed E-state index contributed by atoms with van der Waals surface area (Å²) in [7, 11) is 0. The van der Waals surface area contributed by atoms with Crippen LogP contribution in [0.25, 0.3) is 0 Å². The number of ether oxygens (including phenoxy) is 6. The van der Waals surface area contributed by atoms with Crippen molar-refractivity contribution in [3.63, 3.8) is 0 Å². The summed E-state index contributed by atoms with van der Waals surface area (Å²) in [6, 6.07) is 0. The summed E-state index contributed by atoms with van der Waals surface area (Å²) in [5.41, 5.74) is 0. The molecule has 2 saturated heterocycles. The first-order valence-electron chi connectivity index (χ1n) is 25.8. The van der Waals surface area contributed by atoms with Gasteiger partial charge in [0.2, 0.25) is 0 Å². The zero-order valence-corrected chi connectivity index (χ0v) is 41.8. The maximum Gasteiger partial charge on any atom is 0.306 e. The first kappa shape index (κ1) is 62.0. The molecule has 0 aromatic heterocycles. The van der Waals surface area contributed by atoms with Crippen LogP contribution in [0.1, 0.15) is 142 Å². The zero-order chi connectivity index (χ0) is 50.2. The van der Waals surface area contributed by atoms with E-state index < -0.39 is 86.7 Å². The molecule has 2 aliphatic rings. The molecular formula is C55H90O14. The Morgan fingerprint density at radius 2 is 0.899 bits per heavy atom. The molecule has 0 aromatic carbocycles. The Bertz CT molecular complexity index is 1500. The Morgan fingerprint density at radius 3 is 1.41 bits per heavy atom. The lowest BCUT2D eigenvalue weighted by atomic mass is 9.98. The molecule has 14 nitrogen and oxygen atoms in total. The van der Waals surface area contributed by atoms with Crippen molar-refractivity contribution in [2.24, 2.45) is 0 Å². The minimum Gasteiger partial charge on any atom is -0.457 e. The van der Waals surface area contributed by atoms with Gasteiger partial charge >= 0.3 is 5.97 Å². The van der Waals surface area contributed by atoms with E-state index >= 15 is 0 Å². The molecule has 14 heteroatoms. The van der Waals surface area contributed by atoms with Crippen molar-refractivity contribution in [3.8, 4) is 0 Å². The third-order valence-corrected chi connectivity index (χ3v) is 11.6. The van der Waals surface area contributed by atoms with Crippen LogP contribution in [0.5, 0.6) is 0 Å². The predicted octanol–water partition coefficient (Wildman–Crippen LogP) is 7.85. The van der Waals surface area contributed by atoms with Crippen LogP contribution in [0.2, 0.25) is 0 Å². The van der Waals surface area contributed by atoms with Gasteiger partial charge in [-0.15, -0.1) is 0 Å². The fraction of sp³-hybridized carbons (Fsp3) is 0.691. The summed E-state index contributed by atoms with van der Waals surface area (Å²) in [4.78, 5) is 13.0. The maximum absolute atomic E-state index is 13.0. The molecule has 0 aromatic rings. The molecule has 0 saturated carbocycles. The van der Waals surface area contributed by atoms with E-state index in [1.54, 1.807) is 0 Å². The number of unbranched alkanes of at least 4 members (excludes halogenated alkanes) is 9. The van der Waals surface area contributed by atoms with Crippen molar-refractivity contribution in [1.82, 2.24) is 0 Å². The van der Waals surface area contributed by atoms with Gasteiger partial charge in [-0.25, -0.2) is 0 Å². The lowest BCUT2D eigenvalue weighted by Gasteiger charge is -2.42. The summed E-state index contributed by atoms with van der Waals surface area (Å²) in [6.45, 7) is 3.32. The highest BCUT2D eigenvalue weighted by Gasteiger charge is 2.47. The largest absolute Gasteiger partial charge is 0.457 e. The van der Waals surface area contributed by atoms with Crippen molar-refractivity contribution < 1.29 is 69.0 Å². The molecule has 69 heavy (non-hydrogen) atoms. The van der Waals surface area contributed by atoms with Crippen LogP contribution in [0, 0.1) is 0 Å². The molecule has 7 N–H and O–H groups in total. The molecule has 0 spiro atoms. The van der Waals surface area contributed by atoms with Crippen LogP contribution in [0.3, 0.4) is 0 Å². The van der Waals surface area contributed by atoms with Crippen LogP contribution in [0.15, 0.2) is 97.2 Å². The highest BCUT2D eigenvalue weighted by molar-refractivity contribution is 5.69. The number of carbonyl (C=O) groups excluding carboxylic acids is 1. The van der Waals surface area contributed by atoms with Crippen LogP contribution >= 0.6 is 0 Å². The Labute approximate surface area is 413 Å². The van der Waals surface area contributed by atoms with Gasteiger partial charge < -0.3 is 64.2 Å². The fourth-order valence-electron chi connectivity index (χ4n) is 7.46. The summed E-state index contributed by atoms with van der Waals surface area (Å²) < 4.78 is 34.2. The number of esters is 1. The van der Waals surface area contributed by atoms with Gasteiger partial charge in [0.25, 0.3) is 0 Å². The second kappa shape index (κ2) is 41.5. The first-order valence-corrected chi connectivity index (χ1v) is 25.8. The molecule has 394 valence electrons. The van der Waals surface area contributed by atoms with Crippen LogP contribution < -0.4 is 0 Å². The summed E-state index contributed by atoms with van der Waals surface area (Å²) in [5.74, 6) is -0.462. The van der Waals surface area contributed by atoms with Gasteiger partial charge in [0.05, 0.1) is 26.4 Å². The van der Waals surface area contributed by atoms with E-state index in [0.29, 0.717) is 13.0 Å². The van der Waals surface area contributed by atoms with E-state index in [2.05, 4.69) is 98.9 Å². The van der Waals surface area contributed by atoms with Gasteiger partial charge in [0.15, 0.2) is 12.6 Å². The third-order valence-electron chi connectivity index (χ3n) is 11.6. The quantitative estimate of drug-likeness (QED) is 0.0178. The number of carbonyl (C=O) groups is 1. The maximum atomic E-state index is 13.0. The number of allylic oxidation sites excluding steroid dienone is 16. The molecule has 0 radical (unpaired) electrons. The second-order valence-corrected chi connectivity index (χ2v) is 17.6. The molecule has 0 amide bonds. The van der Waals surface area contributed by atoms with E-state index in [4.69, 9.17) is 28.4 Å². The summed E-state index contributed by atoms with van der Waals surface area (Å²) >= 11 is 0. The normalized spacial score (nSPS) is 26.5. The lowest BCUT2D eigenvalue weighted by molar-refractivity contribution is -0.332. The van der Waals surface area contributed by atoms with E-state index in [0.717, 1.165) is 77.0 Å². The molecule has 2 fully saturated rings. The average molecular weight is 975 g/mol. The average Bonchev–Trinajstić information content (AvgIpc) is 3.35. The van der Waals surface area contributed by atoms with Gasteiger partial charge in [0.1, 0.15) is 54.9 Å². The molecule has 11 atom stereocenters. The molecule has 2 aliphatic heterocycles. The number of hydrogen-bond donors (Lipinski definition) is 7. The molecule has 0 bridgehead atoms. The summed E-state index contributed by atoms with van der Waals surface area (Å²) in [6.07, 6.45) is 37.8. The predicted molar refractivity (Wildman–Crippen MR) is 270 cm³/mol. The Kier molecular flexibility index (Phi) is 37.3. The van der Waals surface area contributed by atoms with E-state index in [9.17, 15) is 40.5 Å². The van der Waals surface area contributed by atoms with Crippen molar-refractivity contribution in [2.45, 2.75) is 210 Å². The number of rotatable bonds is 39. The molecular weight excluding hydrogens is 885 g/mol. The van der Waals surface area contributed by atoms with Crippen molar-refractivity contribution in [2.75, 3.05) is 33.0 Å². The highest BCUT2D eigenvalue weighted by Crippen LogP contribution is 2.26. The first-order chi connectivity index (χ1) is 33.6. The van der Waals surface area contributed by atoms with Gasteiger partial charge in [-0.05, 0) is 77.0 Å². The summed E-state index contributed by atoms with van der Waals surface area (Å²) in [5, 5.41) is 72.1. The smallest absolute Gasteiger partial charge is 0.306 e. The van der Waals surface area contributed by atoms with E-state index in [-0.39, 0.29) is 19.6 Å². The van der Waals surface area contributed by atoms with Crippen LogP contribution in [0.4, 0.5) is 0 Å². The molecule has 2 heterocycles. The zero-order valence-electron chi connectivity index (χ0n) is 41.8. The number of hydrogen-bond acceptors (Lipinski definition) is 14. The van der Waals surface area contributed by atoms with E-state index in [1.807, 2.05) is 12.2 Å². The highest BCUT2D eigenvalue weighted by atomic mass is 16.7. The monoisotopic (exact) mass is 975 g/mol. The minimum atomic E-state index is -1.72. The molecule has 11 unspecified atom stereocenters. The van der Waals surface area contributed by atoms with Gasteiger partial charge in [-0.3, -0.25) is 4.79 Å². The van der Waals surface area contributed by atoms with Gasteiger partial charge in [0, 0.05) is 13.0 Å². The minimum absolute atomic E-state index is 0.0221. The standard InChI is InChI=1S/C55H90O14/c1-3-5-7-9-11-13-15-17-18-19-20-21-22-23-24-25-27-29-31-33-35-37-39-64-41-44(67-47(57)38-36-34-32-30-28-26-16-14-12-10-8-6-4-2)42-65-54-53(63)51(61)49(59)46(69-54)43-66-55-52(62)50(60)48(58)45(40-56)68-55/h5-8,11-14,17-18,20-21,26,28,32,34,44-46,48-56,58-63H,3-4,9-10,15-16,19,22-25,27,29-31,33,35-43H2,1-2H3/b7-5-,8-6-,13-11-,14-12-,18-17-,21-20-,28-26-,34-32-. The van der Waals surface area contributed by atoms with Gasteiger partial charge in [-0.1, -0.05) is 156 Å². The van der Waals surface area contributed by atoms with Crippen molar-refractivity contribution in [3.05, 3.63) is 97.2 Å². The Hall–Kier alpha value is -3.09.